The van der Waals surface area contributed by atoms with E-state index in [1.165, 1.54) is 0 Å². The fraction of sp³-hybridized carbons (Fsp3) is 0.417. The summed E-state index contributed by atoms with van der Waals surface area (Å²) in [6.45, 7) is 19.9. The molecule has 0 amide bonds. The SMILES string of the molecule is CC[C@@H](N)c1cnc(C)c2cnc(Cc3ccc4c(n3)[C@@H](C)C(C)(C)OC4=O)cc12.CC[C@H](N)c1cnc(C)c2cnc(Cc3ccc4c(n3)[C@@H](C)C(C)(C)OC4=O)cc12. The maximum Gasteiger partial charge on any atom is 0.340 e. The van der Waals surface area contributed by atoms with E-state index < -0.39 is 11.2 Å². The van der Waals surface area contributed by atoms with Gasteiger partial charge in [-0.2, -0.15) is 0 Å². The Morgan fingerprint density at radius 2 is 0.967 bits per heavy atom. The van der Waals surface area contributed by atoms with Gasteiger partial charge in [0.25, 0.3) is 0 Å². The first-order chi connectivity index (χ1) is 28.4. The van der Waals surface area contributed by atoms with E-state index in [1.54, 1.807) is 0 Å². The second-order valence-corrected chi connectivity index (χ2v) is 17.3. The number of rotatable bonds is 8. The van der Waals surface area contributed by atoms with Gasteiger partial charge in [-0.05, 0) is 113 Å². The summed E-state index contributed by atoms with van der Waals surface area (Å²) >= 11 is 0. The van der Waals surface area contributed by atoms with E-state index in [0.29, 0.717) is 24.0 Å². The van der Waals surface area contributed by atoms with Crippen LogP contribution in [0.1, 0.15) is 170 Å². The Morgan fingerprint density at radius 3 is 1.33 bits per heavy atom. The van der Waals surface area contributed by atoms with Crippen molar-refractivity contribution >= 4 is 33.5 Å². The summed E-state index contributed by atoms with van der Waals surface area (Å²) in [5, 5.41) is 4.24. The standard InChI is InChI=1S/2C24H28N4O2/c2*1-6-21(25)20-12-26-14(3)19-11-27-16(10-18(19)20)9-15-7-8-17-22(28-15)13(2)24(4,5)30-23(17)29/h2*7-8,10-13,21H,6,9,25H2,1-5H3/t13-,21+;13-,21-/m11/s1. The van der Waals surface area contributed by atoms with Gasteiger partial charge < -0.3 is 20.9 Å². The van der Waals surface area contributed by atoms with Crippen LogP contribution in [0.25, 0.3) is 21.5 Å². The number of cyclic esters (lactones) is 2. The number of ether oxygens (including phenoxy) is 2. The molecule has 0 bridgehead atoms. The minimum absolute atomic E-state index is 0.0117. The molecule has 0 saturated heterocycles. The van der Waals surface area contributed by atoms with E-state index >= 15 is 0 Å². The number of aromatic nitrogens is 6. The molecular weight excluding hydrogens is 753 g/mol. The molecule has 0 unspecified atom stereocenters. The molecule has 0 aliphatic carbocycles. The predicted octanol–water partition coefficient (Wildman–Crippen LogP) is 8.77. The molecule has 8 heterocycles. The van der Waals surface area contributed by atoms with Gasteiger partial charge in [0.15, 0.2) is 0 Å². The monoisotopic (exact) mass is 808 g/mol. The number of hydrogen-bond donors (Lipinski definition) is 2. The number of hydrogen-bond acceptors (Lipinski definition) is 12. The maximum atomic E-state index is 12.3. The topological polar surface area (TPSA) is 182 Å². The zero-order valence-electron chi connectivity index (χ0n) is 36.4. The Hall–Kier alpha value is -5.72. The highest BCUT2D eigenvalue weighted by atomic mass is 16.6. The second kappa shape index (κ2) is 16.4. The van der Waals surface area contributed by atoms with Gasteiger partial charge in [0.05, 0.1) is 22.5 Å². The minimum Gasteiger partial charge on any atom is -0.455 e. The molecule has 4 N–H and O–H groups in total. The predicted molar refractivity (Wildman–Crippen MR) is 233 cm³/mol. The zero-order chi connectivity index (χ0) is 43.3. The van der Waals surface area contributed by atoms with Crippen LogP contribution in [0.5, 0.6) is 0 Å². The lowest BCUT2D eigenvalue weighted by molar-refractivity contribution is -0.0200. The van der Waals surface area contributed by atoms with Crippen LogP contribution in [0.15, 0.2) is 61.2 Å². The van der Waals surface area contributed by atoms with Gasteiger partial charge in [0, 0.05) is 106 Å². The molecule has 12 heteroatoms. The molecule has 2 aliphatic rings. The summed E-state index contributed by atoms with van der Waals surface area (Å²) < 4.78 is 11.1. The summed E-state index contributed by atoms with van der Waals surface area (Å²) in [7, 11) is 0. The van der Waals surface area contributed by atoms with Crippen LogP contribution in [0.4, 0.5) is 0 Å². The molecule has 0 aromatic carbocycles. The fourth-order valence-corrected chi connectivity index (χ4v) is 7.92. The molecule has 4 atom stereocenters. The average molecular weight is 809 g/mol. The average Bonchev–Trinajstić information content (AvgIpc) is 3.21. The third kappa shape index (κ3) is 8.10. The van der Waals surface area contributed by atoms with Crippen LogP contribution in [-0.2, 0) is 22.3 Å². The van der Waals surface area contributed by atoms with Crippen LogP contribution in [0.2, 0.25) is 0 Å². The fourth-order valence-electron chi connectivity index (χ4n) is 7.92. The first-order valence-electron chi connectivity index (χ1n) is 20.9. The van der Waals surface area contributed by atoms with E-state index in [0.717, 1.165) is 91.1 Å². The van der Waals surface area contributed by atoms with Gasteiger partial charge in [-0.3, -0.25) is 29.9 Å². The van der Waals surface area contributed by atoms with Gasteiger partial charge in [0.1, 0.15) is 11.2 Å². The van der Waals surface area contributed by atoms with Gasteiger partial charge in [-0.15, -0.1) is 0 Å². The number of nitrogens with zero attached hydrogens (tertiary/aromatic N) is 6. The van der Waals surface area contributed by atoms with Crippen molar-refractivity contribution in [3.05, 3.63) is 129 Å². The molecule has 2 aliphatic heterocycles. The van der Waals surface area contributed by atoms with Crippen LogP contribution in [0, 0.1) is 13.8 Å². The molecule has 0 fully saturated rings. The lowest BCUT2D eigenvalue weighted by Gasteiger charge is -2.36. The molecule has 0 saturated carbocycles. The first-order valence-corrected chi connectivity index (χ1v) is 20.9. The van der Waals surface area contributed by atoms with Crippen molar-refractivity contribution in [2.24, 2.45) is 11.5 Å². The highest BCUT2D eigenvalue weighted by Crippen LogP contribution is 2.39. The van der Waals surface area contributed by atoms with Gasteiger partial charge in [-0.1, -0.05) is 27.7 Å². The van der Waals surface area contributed by atoms with Gasteiger partial charge >= 0.3 is 11.9 Å². The van der Waals surface area contributed by atoms with Gasteiger partial charge in [0.2, 0.25) is 0 Å². The van der Waals surface area contributed by atoms with Crippen LogP contribution in [0.3, 0.4) is 0 Å². The van der Waals surface area contributed by atoms with E-state index in [-0.39, 0.29) is 35.9 Å². The van der Waals surface area contributed by atoms with Crippen LogP contribution >= 0.6 is 0 Å². The third-order valence-corrected chi connectivity index (χ3v) is 12.5. The Labute approximate surface area is 352 Å². The Bertz CT molecular complexity index is 2460. The largest absolute Gasteiger partial charge is 0.455 e. The molecule has 0 spiro atoms. The Kier molecular flexibility index (Phi) is 11.6. The Morgan fingerprint density at radius 1 is 0.583 bits per heavy atom. The highest BCUT2D eigenvalue weighted by molar-refractivity contribution is 5.93. The van der Waals surface area contributed by atoms with Crippen molar-refractivity contribution < 1.29 is 19.1 Å². The van der Waals surface area contributed by atoms with E-state index in [9.17, 15) is 9.59 Å². The van der Waals surface area contributed by atoms with Gasteiger partial charge in [-0.25, -0.2) is 9.59 Å². The number of fused-ring (bicyclic) bond motifs is 4. The molecule has 60 heavy (non-hydrogen) atoms. The smallest absolute Gasteiger partial charge is 0.340 e. The summed E-state index contributed by atoms with van der Waals surface area (Å²) in [6, 6.07) is 11.5. The molecular formula is C48H56N8O4. The van der Waals surface area contributed by atoms with Crippen molar-refractivity contribution in [2.45, 2.75) is 130 Å². The van der Waals surface area contributed by atoms with Crippen LogP contribution < -0.4 is 11.5 Å². The van der Waals surface area contributed by atoms with Crippen LogP contribution in [-0.4, -0.2) is 53.0 Å². The normalized spacial score (nSPS) is 18.7. The summed E-state index contributed by atoms with van der Waals surface area (Å²) in [5.41, 5.74) is 21.7. The van der Waals surface area contributed by atoms with Crippen molar-refractivity contribution in [1.82, 2.24) is 29.9 Å². The summed E-state index contributed by atoms with van der Waals surface area (Å²) in [5.74, 6) is -0.593. The molecule has 8 rings (SSSR count). The van der Waals surface area contributed by atoms with E-state index in [1.807, 2.05) is 104 Å². The number of aryl methyl sites for hydroxylation is 2. The van der Waals surface area contributed by atoms with Crippen molar-refractivity contribution in [3.63, 3.8) is 0 Å². The quantitative estimate of drug-likeness (QED) is 0.140. The second-order valence-electron chi connectivity index (χ2n) is 17.3. The number of pyridine rings is 6. The number of nitrogens with two attached hydrogens (primary N) is 2. The molecule has 0 radical (unpaired) electrons. The molecule has 6 aromatic rings. The molecule has 12 nitrogen and oxygen atoms in total. The number of carbonyl (C=O) groups is 2. The third-order valence-electron chi connectivity index (χ3n) is 12.5. The lowest BCUT2D eigenvalue weighted by Crippen LogP contribution is -2.39. The molecule has 6 aromatic heterocycles. The summed E-state index contributed by atoms with van der Waals surface area (Å²) in [4.78, 5) is 52.6. The highest BCUT2D eigenvalue weighted by Gasteiger charge is 2.41. The maximum absolute atomic E-state index is 12.3. The van der Waals surface area contributed by atoms with E-state index in [2.05, 4.69) is 45.9 Å². The van der Waals surface area contributed by atoms with Crippen molar-refractivity contribution in [3.8, 4) is 0 Å². The minimum atomic E-state index is -0.577. The number of carbonyl (C=O) groups excluding carboxylic acids is 2. The van der Waals surface area contributed by atoms with E-state index in [4.69, 9.17) is 30.9 Å². The lowest BCUT2D eigenvalue weighted by atomic mass is 9.84. The summed E-state index contributed by atoms with van der Waals surface area (Å²) in [6.07, 6.45) is 10.3. The van der Waals surface area contributed by atoms with Crippen molar-refractivity contribution in [1.29, 1.82) is 0 Å². The number of esters is 2. The molecule has 312 valence electrons. The first kappa shape index (κ1) is 42.4. The zero-order valence-corrected chi connectivity index (χ0v) is 36.4. The Balaban J connectivity index is 0.000000181. The van der Waals surface area contributed by atoms with Crippen molar-refractivity contribution in [2.75, 3.05) is 0 Å².